The summed E-state index contributed by atoms with van der Waals surface area (Å²) in [6.45, 7) is 0. The summed E-state index contributed by atoms with van der Waals surface area (Å²) in [5.74, 6) is -0.635. The molecule has 18 heavy (non-hydrogen) atoms. The van der Waals surface area contributed by atoms with Crippen LogP contribution in [-0.2, 0) is 4.79 Å². The molecule has 0 aromatic heterocycles. The molecule has 4 nitrogen and oxygen atoms in total. The van der Waals surface area contributed by atoms with E-state index in [9.17, 15) is 4.79 Å². The third-order valence-corrected chi connectivity index (χ3v) is 2.24. The summed E-state index contributed by atoms with van der Waals surface area (Å²) in [5, 5.41) is 12.8. The number of hydrogen-bond acceptors (Lipinski definition) is 3. The minimum absolute atomic E-state index is 0.126. The van der Waals surface area contributed by atoms with Gasteiger partial charge < -0.3 is 9.94 Å². The maximum atomic E-state index is 11.1. The third-order valence-electron chi connectivity index (χ3n) is 2.24. The van der Waals surface area contributed by atoms with Crippen LogP contribution in [0.3, 0.4) is 0 Å². The van der Waals surface area contributed by atoms with Crippen molar-refractivity contribution < 1.29 is 14.7 Å². The quantitative estimate of drug-likeness (QED) is 0.661. The largest absolute Gasteiger partial charge is 0.476 e. The van der Waals surface area contributed by atoms with Crippen molar-refractivity contribution in [2.45, 2.75) is 0 Å². The Balaban J connectivity index is 2.24. The molecule has 4 heteroatoms. The average Bonchev–Trinajstić information content (AvgIpc) is 2.41. The van der Waals surface area contributed by atoms with Crippen molar-refractivity contribution in [3.05, 3.63) is 66.2 Å². The van der Waals surface area contributed by atoms with Crippen LogP contribution in [-0.4, -0.2) is 16.8 Å². The highest BCUT2D eigenvalue weighted by Crippen LogP contribution is 2.10. The molecule has 0 aliphatic carbocycles. The fraction of sp³-hybridized carbons (Fsp3) is 0. The van der Waals surface area contributed by atoms with Gasteiger partial charge in [0.05, 0.1) is 0 Å². The number of carboxylic acids is 1. The van der Waals surface area contributed by atoms with E-state index in [-0.39, 0.29) is 5.71 Å². The zero-order chi connectivity index (χ0) is 12.8. The topological polar surface area (TPSA) is 58.9 Å². The van der Waals surface area contributed by atoms with Crippen molar-refractivity contribution in [2.75, 3.05) is 0 Å². The van der Waals surface area contributed by atoms with E-state index in [4.69, 9.17) is 9.94 Å². The Morgan fingerprint density at radius 2 is 1.50 bits per heavy atom. The molecule has 0 aliphatic rings. The van der Waals surface area contributed by atoms with Crippen molar-refractivity contribution in [3.8, 4) is 5.75 Å². The predicted octanol–water partition coefficient (Wildman–Crippen LogP) is 2.55. The standard InChI is InChI=1S/C14H11NO3/c16-14(17)13(11-7-3-1-4-8-11)15-18-12-9-5-2-6-10-12/h1-10H,(H,16,17). The van der Waals surface area contributed by atoms with Crippen LogP contribution in [0, 0.1) is 0 Å². The molecule has 0 spiro atoms. The molecule has 0 fully saturated rings. The molecule has 2 rings (SSSR count). The number of para-hydroxylation sites is 1. The molecule has 90 valence electrons. The molecule has 0 saturated carbocycles. The van der Waals surface area contributed by atoms with Crippen molar-refractivity contribution in [1.29, 1.82) is 0 Å². The fourth-order valence-corrected chi connectivity index (χ4v) is 1.39. The van der Waals surface area contributed by atoms with E-state index < -0.39 is 5.97 Å². The minimum Gasteiger partial charge on any atom is -0.476 e. The van der Waals surface area contributed by atoms with E-state index in [1.807, 2.05) is 6.07 Å². The van der Waals surface area contributed by atoms with Gasteiger partial charge in [-0.05, 0) is 12.1 Å². The lowest BCUT2D eigenvalue weighted by molar-refractivity contribution is -0.129. The normalized spacial score (nSPS) is 11.0. The van der Waals surface area contributed by atoms with Crippen molar-refractivity contribution in [3.63, 3.8) is 0 Å². The van der Waals surface area contributed by atoms with E-state index in [1.165, 1.54) is 0 Å². The van der Waals surface area contributed by atoms with Crippen molar-refractivity contribution in [2.24, 2.45) is 5.16 Å². The second-order valence-electron chi connectivity index (χ2n) is 3.52. The Hall–Kier alpha value is -2.62. The molecule has 0 amide bonds. The highest BCUT2D eigenvalue weighted by Gasteiger charge is 2.12. The molecule has 0 heterocycles. The molecule has 0 unspecified atom stereocenters. The lowest BCUT2D eigenvalue weighted by atomic mass is 10.1. The summed E-state index contributed by atoms with van der Waals surface area (Å²) in [6, 6.07) is 17.5. The summed E-state index contributed by atoms with van der Waals surface area (Å²) in [6.07, 6.45) is 0. The van der Waals surface area contributed by atoms with Crippen LogP contribution in [0.4, 0.5) is 0 Å². The summed E-state index contributed by atoms with van der Waals surface area (Å²) >= 11 is 0. The fourth-order valence-electron chi connectivity index (χ4n) is 1.39. The van der Waals surface area contributed by atoms with Crippen LogP contribution in [0.25, 0.3) is 0 Å². The number of hydrogen-bond donors (Lipinski definition) is 1. The molecule has 2 aromatic carbocycles. The Morgan fingerprint density at radius 1 is 0.944 bits per heavy atom. The monoisotopic (exact) mass is 241 g/mol. The van der Waals surface area contributed by atoms with Gasteiger partial charge in [0.1, 0.15) is 0 Å². The number of rotatable bonds is 4. The van der Waals surface area contributed by atoms with E-state index in [0.717, 1.165) is 0 Å². The molecule has 0 atom stereocenters. The van der Waals surface area contributed by atoms with Gasteiger partial charge in [0, 0.05) is 5.56 Å². The van der Waals surface area contributed by atoms with Crippen LogP contribution < -0.4 is 4.84 Å². The maximum absolute atomic E-state index is 11.1. The number of oxime groups is 1. The highest BCUT2D eigenvalue weighted by atomic mass is 16.6. The molecule has 2 aromatic rings. The van der Waals surface area contributed by atoms with Crippen LogP contribution in [0.2, 0.25) is 0 Å². The highest BCUT2D eigenvalue weighted by molar-refractivity contribution is 6.42. The summed E-state index contributed by atoms with van der Waals surface area (Å²) in [5.41, 5.74) is 0.375. The maximum Gasteiger partial charge on any atom is 0.358 e. The molecular formula is C14H11NO3. The number of benzene rings is 2. The third kappa shape index (κ3) is 2.95. The van der Waals surface area contributed by atoms with Crippen LogP contribution in [0.5, 0.6) is 5.75 Å². The Kier molecular flexibility index (Phi) is 3.71. The first-order valence-corrected chi connectivity index (χ1v) is 5.36. The number of nitrogens with zero attached hydrogens (tertiary/aromatic N) is 1. The average molecular weight is 241 g/mol. The lowest BCUT2D eigenvalue weighted by Gasteiger charge is -2.02. The molecule has 0 aliphatic heterocycles. The zero-order valence-corrected chi connectivity index (χ0v) is 9.48. The van der Waals surface area contributed by atoms with Crippen molar-refractivity contribution >= 4 is 11.7 Å². The summed E-state index contributed by atoms with van der Waals surface area (Å²) in [7, 11) is 0. The number of carboxylic acid groups (broad SMARTS) is 1. The molecule has 0 bridgehead atoms. The Bertz CT molecular complexity index is 550. The minimum atomic E-state index is -1.13. The molecule has 1 N–H and O–H groups in total. The van der Waals surface area contributed by atoms with Gasteiger partial charge in [-0.2, -0.15) is 0 Å². The first-order valence-electron chi connectivity index (χ1n) is 5.36. The zero-order valence-electron chi connectivity index (χ0n) is 9.48. The summed E-state index contributed by atoms with van der Waals surface area (Å²) in [4.78, 5) is 16.2. The van der Waals surface area contributed by atoms with Gasteiger partial charge in [0.15, 0.2) is 11.5 Å². The van der Waals surface area contributed by atoms with Gasteiger partial charge in [-0.25, -0.2) is 4.79 Å². The predicted molar refractivity (Wildman–Crippen MR) is 67.7 cm³/mol. The van der Waals surface area contributed by atoms with Gasteiger partial charge in [0.25, 0.3) is 0 Å². The molecule has 0 saturated heterocycles. The van der Waals surface area contributed by atoms with Crippen LogP contribution >= 0.6 is 0 Å². The van der Waals surface area contributed by atoms with E-state index >= 15 is 0 Å². The summed E-state index contributed by atoms with van der Waals surface area (Å²) < 4.78 is 0. The van der Waals surface area contributed by atoms with E-state index in [0.29, 0.717) is 11.3 Å². The van der Waals surface area contributed by atoms with Gasteiger partial charge in [-0.1, -0.05) is 53.7 Å². The number of carbonyl (C=O) groups is 1. The molecular weight excluding hydrogens is 230 g/mol. The first-order chi connectivity index (χ1) is 8.77. The van der Waals surface area contributed by atoms with Gasteiger partial charge in [-0.3, -0.25) is 0 Å². The smallest absolute Gasteiger partial charge is 0.358 e. The molecule has 0 radical (unpaired) electrons. The van der Waals surface area contributed by atoms with Crippen LogP contribution in [0.1, 0.15) is 5.56 Å². The van der Waals surface area contributed by atoms with Crippen LogP contribution in [0.15, 0.2) is 65.8 Å². The number of aliphatic carboxylic acids is 1. The van der Waals surface area contributed by atoms with Gasteiger partial charge in [0.2, 0.25) is 0 Å². The van der Waals surface area contributed by atoms with E-state index in [1.54, 1.807) is 54.6 Å². The van der Waals surface area contributed by atoms with Crippen molar-refractivity contribution in [1.82, 2.24) is 0 Å². The van der Waals surface area contributed by atoms with E-state index in [2.05, 4.69) is 5.16 Å². The first kappa shape index (κ1) is 11.9. The second kappa shape index (κ2) is 5.63. The Morgan fingerprint density at radius 3 is 2.06 bits per heavy atom. The van der Waals surface area contributed by atoms with Gasteiger partial charge >= 0.3 is 5.97 Å². The Labute approximate surface area is 104 Å². The SMILES string of the molecule is O=C(O)C(=NOc1ccccc1)c1ccccc1. The lowest BCUT2D eigenvalue weighted by Crippen LogP contribution is -2.15. The van der Waals surface area contributed by atoms with Gasteiger partial charge in [-0.15, -0.1) is 0 Å². The second-order valence-corrected chi connectivity index (χ2v) is 3.52.